The van der Waals surface area contributed by atoms with Gasteiger partial charge in [0.2, 0.25) is 0 Å². The summed E-state index contributed by atoms with van der Waals surface area (Å²) in [5.41, 5.74) is 2.96. The second-order valence-corrected chi connectivity index (χ2v) is 3.80. The first-order valence-electron chi connectivity index (χ1n) is 5.07. The minimum absolute atomic E-state index is 0.251. The van der Waals surface area contributed by atoms with Gasteiger partial charge in [-0.2, -0.15) is 0 Å². The first-order chi connectivity index (χ1) is 6.88. The first-order valence-corrected chi connectivity index (χ1v) is 6.02. The number of thiazole rings is 1. The molecule has 0 aliphatic heterocycles. The molecule has 0 saturated heterocycles. The molecule has 0 spiro atoms. The Bertz CT molecular complexity index is 218. The topological polar surface area (TPSA) is 34.1 Å². The van der Waals surface area contributed by atoms with Gasteiger partial charge in [0.1, 0.15) is 0 Å². The molecule has 0 radical (unpaired) electrons. The van der Waals surface area contributed by atoms with Gasteiger partial charge in [-0.05, 0) is 19.9 Å². The highest BCUT2D eigenvalue weighted by atomic mass is 32.1. The molecule has 1 heterocycles. The number of aromatic nitrogens is 1. The fourth-order valence-corrected chi connectivity index (χ4v) is 1.81. The quantitative estimate of drug-likeness (QED) is 0.755. The molecule has 0 bridgehead atoms. The molecule has 1 aromatic rings. The standard InChI is InChI=1S/C10H18N2OS/c1-3-5-11-9(6-13-4-2)10-7-14-8-12-10/h7-9,11H,3-6H2,1-2H3. The Hall–Kier alpha value is -0.450. The van der Waals surface area contributed by atoms with Crippen LogP contribution >= 0.6 is 11.3 Å². The van der Waals surface area contributed by atoms with Crippen molar-refractivity contribution in [3.05, 3.63) is 16.6 Å². The van der Waals surface area contributed by atoms with E-state index in [-0.39, 0.29) is 6.04 Å². The Morgan fingerprint density at radius 2 is 2.43 bits per heavy atom. The van der Waals surface area contributed by atoms with E-state index in [1.54, 1.807) is 11.3 Å². The number of hydrogen-bond acceptors (Lipinski definition) is 4. The van der Waals surface area contributed by atoms with Crippen molar-refractivity contribution >= 4 is 11.3 Å². The third kappa shape index (κ3) is 3.74. The molecule has 0 amide bonds. The number of rotatable bonds is 7. The lowest BCUT2D eigenvalue weighted by molar-refractivity contribution is 0.122. The van der Waals surface area contributed by atoms with E-state index in [1.807, 2.05) is 12.4 Å². The summed E-state index contributed by atoms with van der Waals surface area (Å²) in [4.78, 5) is 4.30. The van der Waals surface area contributed by atoms with E-state index in [0.29, 0.717) is 6.61 Å². The molecular formula is C10H18N2OS. The zero-order valence-corrected chi connectivity index (χ0v) is 9.64. The molecular weight excluding hydrogens is 196 g/mol. The van der Waals surface area contributed by atoms with E-state index >= 15 is 0 Å². The van der Waals surface area contributed by atoms with Gasteiger partial charge in [0.25, 0.3) is 0 Å². The van der Waals surface area contributed by atoms with Crippen molar-refractivity contribution in [2.75, 3.05) is 19.8 Å². The molecule has 4 heteroatoms. The van der Waals surface area contributed by atoms with Crippen LogP contribution in [0.25, 0.3) is 0 Å². The molecule has 1 rings (SSSR count). The minimum atomic E-state index is 0.251. The maximum absolute atomic E-state index is 5.42. The van der Waals surface area contributed by atoms with Gasteiger partial charge < -0.3 is 10.1 Å². The second-order valence-electron chi connectivity index (χ2n) is 3.08. The van der Waals surface area contributed by atoms with Gasteiger partial charge in [0.15, 0.2) is 0 Å². The molecule has 14 heavy (non-hydrogen) atoms. The van der Waals surface area contributed by atoms with Gasteiger partial charge in [-0.25, -0.2) is 4.98 Å². The van der Waals surface area contributed by atoms with E-state index in [9.17, 15) is 0 Å². The summed E-state index contributed by atoms with van der Waals surface area (Å²) in [6, 6.07) is 0.251. The average molecular weight is 214 g/mol. The lowest BCUT2D eigenvalue weighted by Gasteiger charge is -2.15. The van der Waals surface area contributed by atoms with Crippen molar-refractivity contribution in [1.29, 1.82) is 0 Å². The molecule has 0 aliphatic carbocycles. The largest absolute Gasteiger partial charge is 0.380 e. The Morgan fingerprint density at radius 3 is 3.00 bits per heavy atom. The van der Waals surface area contributed by atoms with Crippen LogP contribution in [0.1, 0.15) is 32.0 Å². The summed E-state index contributed by atoms with van der Waals surface area (Å²) in [5.74, 6) is 0. The van der Waals surface area contributed by atoms with E-state index < -0.39 is 0 Å². The van der Waals surface area contributed by atoms with Crippen LogP contribution < -0.4 is 5.32 Å². The van der Waals surface area contributed by atoms with Gasteiger partial charge in [0, 0.05) is 12.0 Å². The van der Waals surface area contributed by atoms with Gasteiger partial charge in [-0.3, -0.25) is 0 Å². The zero-order chi connectivity index (χ0) is 10.2. The monoisotopic (exact) mass is 214 g/mol. The fraction of sp³-hybridized carbons (Fsp3) is 0.700. The van der Waals surface area contributed by atoms with Crippen molar-refractivity contribution in [2.45, 2.75) is 26.3 Å². The number of ether oxygens (including phenoxy) is 1. The molecule has 1 atom stereocenters. The van der Waals surface area contributed by atoms with Crippen molar-refractivity contribution < 1.29 is 4.74 Å². The summed E-state index contributed by atoms with van der Waals surface area (Å²) >= 11 is 1.63. The van der Waals surface area contributed by atoms with Gasteiger partial charge >= 0.3 is 0 Å². The highest BCUT2D eigenvalue weighted by Gasteiger charge is 2.11. The summed E-state index contributed by atoms with van der Waals surface area (Å²) in [5, 5.41) is 5.50. The van der Waals surface area contributed by atoms with Crippen LogP contribution in [0.4, 0.5) is 0 Å². The lowest BCUT2D eigenvalue weighted by Crippen LogP contribution is -2.26. The van der Waals surface area contributed by atoms with Crippen LogP contribution in [0.15, 0.2) is 10.9 Å². The molecule has 80 valence electrons. The van der Waals surface area contributed by atoms with Crippen molar-refractivity contribution in [1.82, 2.24) is 10.3 Å². The normalized spacial score (nSPS) is 13.0. The van der Waals surface area contributed by atoms with Gasteiger partial charge in [-0.1, -0.05) is 6.92 Å². The van der Waals surface area contributed by atoms with Crippen molar-refractivity contribution in [2.24, 2.45) is 0 Å². The Morgan fingerprint density at radius 1 is 1.57 bits per heavy atom. The van der Waals surface area contributed by atoms with Crippen LogP contribution in [-0.4, -0.2) is 24.7 Å². The van der Waals surface area contributed by atoms with Gasteiger partial charge in [-0.15, -0.1) is 11.3 Å². The van der Waals surface area contributed by atoms with E-state index in [2.05, 4.69) is 22.6 Å². The SMILES string of the molecule is CCCNC(COCC)c1cscn1. The summed E-state index contributed by atoms with van der Waals surface area (Å²) in [6.07, 6.45) is 1.13. The second kappa shape index (κ2) is 6.92. The number of nitrogens with one attached hydrogen (secondary N) is 1. The molecule has 1 aromatic heterocycles. The Balaban J connectivity index is 2.44. The van der Waals surface area contributed by atoms with E-state index in [4.69, 9.17) is 4.74 Å². The third-order valence-corrected chi connectivity index (χ3v) is 2.54. The molecule has 0 aromatic carbocycles. The van der Waals surface area contributed by atoms with E-state index in [0.717, 1.165) is 25.3 Å². The van der Waals surface area contributed by atoms with E-state index in [1.165, 1.54) is 0 Å². The molecule has 3 nitrogen and oxygen atoms in total. The van der Waals surface area contributed by atoms with Crippen molar-refractivity contribution in [3.63, 3.8) is 0 Å². The highest BCUT2D eigenvalue weighted by molar-refractivity contribution is 7.07. The van der Waals surface area contributed by atoms with Crippen LogP contribution in [0.3, 0.4) is 0 Å². The summed E-state index contributed by atoms with van der Waals surface area (Å²) < 4.78 is 5.42. The van der Waals surface area contributed by atoms with Crippen LogP contribution in [0, 0.1) is 0 Å². The van der Waals surface area contributed by atoms with Crippen LogP contribution in [0.5, 0.6) is 0 Å². The maximum Gasteiger partial charge on any atom is 0.0795 e. The maximum atomic E-state index is 5.42. The number of hydrogen-bond donors (Lipinski definition) is 1. The zero-order valence-electron chi connectivity index (χ0n) is 8.82. The van der Waals surface area contributed by atoms with Gasteiger partial charge in [0.05, 0.1) is 23.9 Å². The molecule has 0 saturated carbocycles. The Labute approximate surface area is 89.5 Å². The smallest absolute Gasteiger partial charge is 0.0795 e. The fourth-order valence-electron chi connectivity index (χ4n) is 1.20. The number of nitrogens with zero attached hydrogens (tertiary/aromatic N) is 1. The molecule has 1 unspecified atom stereocenters. The highest BCUT2D eigenvalue weighted by Crippen LogP contribution is 2.13. The van der Waals surface area contributed by atoms with Crippen molar-refractivity contribution in [3.8, 4) is 0 Å². The minimum Gasteiger partial charge on any atom is -0.380 e. The van der Waals surface area contributed by atoms with Crippen LogP contribution in [-0.2, 0) is 4.74 Å². The first kappa shape index (κ1) is 11.6. The third-order valence-electron chi connectivity index (χ3n) is 1.94. The Kier molecular flexibility index (Phi) is 5.75. The summed E-state index contributed by atoms with van der Waals surface area (Å²) in [6.45, 7) is 6.65. The predicted octanol–water partition coefficient (Wildman–Crippen LogP) is 2.22. The summed E-state index contributed by atoms with van der Waals surface area (Å²) in [7, 11) is 0. The molecule has 0 aliphatic rings. The molecule has 0 fully saturated rings. The predicted molar refractivity (Wildman–Crippen MR) is 59.6 cm³/mol. The average Bonchev–Trinajstić information content (AvgIpc) is 2.71. The van der Waals surface area contributed by atoms with Crippen LogP contribution in [0.2, 0.25) is 0 Å². The molecule has 1 N–H and O–H groups in total. The lowest BCUT2D eigenvalue weighted by atomic mass is 10.2.